The molecule has 120 valence electrons. The second-order valence-electron chi connectivity index (χ2n) is 6.79. The topological polar surface area (TPSA) is 12.0 Å². The number of hydrogen-bond acceptors (Lipinski definition) is 1. The second-order valence-corrected chi connectivity index (χ2v) is 6.79. The van der Waals surface area contributed by atoms with E-state index in [0.717, 1.165) is 19.4 Å². The van der Waals surface area contributed by atoms with E-state index in [2.05, 4.69) is 96.3 Å². The molecule has 0 radical (unpaired) electrons. The number of benzene rings is 3. The van der Waals surface area contributed by atoms with E-state index in [-0.39, 0.29) is 5.41 Å². The number of rotatable bonds is 4. The van der Waals surface area contributed by atoms with Gasteiger partial charge in [-0.15, -0.1) is 0 Å². The van der Waals surface area contributed by atoms with Crippen molar-refractivity contribution in [2.24, 2.45) is 0 Å². The van der Waals surface area contributed by atoms with Crippen LogP contribution < -0.4 is 5.32 Å². The number of hydrogen-bond donors (Lipinski definition) is 1. The van der Waals surface area contributed by atoms with Gasteiger partial charge in [-0.25, -0.2) is 0 Å². The van der Waals surface area contributed by atoms with Gasteiger partial charge in [0.1, 0.15) is 0 Å². The summed E-state index contributed by atoms with van der Waals surface area (Å²) in [5.41, 5.74) is 4.31. The monoisotopic (exact) mass is 313 g/mol. The van der Waals surface area contributed by atoms with Crippen molar-refractivity contribution < 1.29 is 0 Å². The van der Waals surface area contributed by atoms with Crippen molar-refractivity contribution in [1.82, 2.24) is 5.32 Å². The molecular weight excluding hydrogens is 290 g/mol. The van der Waals surface area contributed by atoms with Gasteiger partial charge in [0.05, 0.1) is 0 Å². The van der Waals surface area contributed by atoms with Crippen molar-refractivity contribution in [2.75, 3.05) is 6.54 Å². The first-order valence-corrected chi connectivity index (χ1v) is 8.75. The largest absolute Gasteiger partial charge is 0.312 e. The average molecular weight is 313 g/mol. The quantitative estimate of drug-likeness (QED) is 0.743. The van der Waals surface area contributed by atoms with Crippen molar-refractivity contribution in [2.45, 2.75) is 24.3 Å². The fourth-order valence-electron chi connectivity index (χ4n) is 4.05. The Kier molecular flexibility index (Phi) is 4.18. The Labute approximate surface area is 144 Å². The first-order valence-electron chi connectivity index (χ1n) is 8.75. The second kappa shape index (κ2) is 6.62. The van der Waals surface area contributed by atoms with Crippen LogP contribution in [0.2, 0.25) is 0 Å². The molecule has 1 saturated heterocycles. The van der Waals surface area contributed by atoms with Crippen LogP contribution in [0.5, 0.6) is 0 Å². The molecule has 0 amide bonds. The fraction of sp³-hybridized carbons (Fsp3) is 0.217. The molecular formula is C23H23N. The van der Waals surface area contributed by atoms with Crippen LogP contribution in [-0.2, 0) is 11.8 Å². The third kappa shape index (κ3) is 2.88. The molecule has 1 heterocycles. The zero-order valence-corrected chi connectivity index (χ0v) is 13.9. The van der Waals surface area contributed by atoms with Gasteiger partial charge in [-0.05, 0) is 29.5 Å². The molecule has 24 heavy (non-hydrogen) atoms. The molecule has 0 spiro atoms. The van der Waals surface area contributed by atoms with Crippen LogP contribution in [0.25, 0.3) is 0 Å². The van der Waals surface area contributed by atoms with E-state index in [0.29, 0.717) is 6.04 Å². The van der Waals surface area contributed by atoms with Crippen LogP contribution in [0.1, 0.15) is 23.1 Å². The lowest BCUT2D eigenvalue weighted by atomic mass is 9.72. The van der Waals surface area contributed by atoms with Gasteiger partial charge in [-0.2, -0.15) is 0 Å². The molecule has 0 bridgehead atoms. The van der Waals surface area contributed by atoms with E-state index in [1.807, 2.05) is 0 Å². The van der Waals surface area contributed by atoms with Crippen LogP contribution in [0.4, 0.5) is 0 Å². The standard InChI is InChI=1S/C23H23N/c1-4-10-19(11-5-1)16-22-17-23(18-24-22,20-12-6-2-7-13-20)21-14-8-3-9-15-21/h1-15,22,24H,16-18H2/t22-/m0/s1. The van der Waals surface area contributed by atoms with Crippen LogP contribution in [0.3, 0.4) is 0 Å². The summed E-state index contributed by atoms with van der Waals surface area (Å²) in [5.74, 6) is 0. The average Bonchev–Trinajstić information content (AvgIpc) is 3.09. The van der Waals surface area contributed by atoms with Gasteiger partial charge in [0.25, 0.3) is 0 Å². The van der Waals surface area contributed by atoms with Gasteiger partial charge in [0, 0.05) is 18.0 Å². The van der Waals surface area contributed by atoms with E-state index in [1.165, 1.54) is 16.7 Å². The Morgan fingerprint density at radius 1 is 0.708 bits per heavy atom. The smallest absolute Gasteiger partial charge is 0.0342 e. The van der Waals surface area contributed by atoms with Gasteiger partial charge in [0.2, 0.25) is 0 Å². The molecule has 1 heteroatoms. The summed E-state index contributed by atoms with van der Waals surface area (Å²) in [6.45, 7) is 0.999. The Morgan fingerprint density at radius 3 is 1.75 bits per heavy atom. The van der Waals surface area contributed by atoms with Crippen LogP contribution in [-0.4, -0.2) is 12.6 Å². The first kappa shape index (κ1) is 15.2. The van der Waals surface area contributed by atoms with Crippen molar-refractivity contribution in [3.05, 3.63) is 108 Å². The molecule has 1 nitrogen and oxygen atoms in total. The minimum Gasteiger partial charge on any atom is -0.312 e. The predicted octanol–water partition coefficient (Wildman–Crippen LogP) is 4.58. The normalized spacial score (nSPS) is 19.2. The molecule has 1 N–H and O–H groups in total. The van der Waals surface area contributed by atoms with Crippen molar-refractivity contribution >= 4 is 0 Å². The van der Waals surface area contributed by atoms with E-state index in [4.69, 9.17) is 0 Å². The van der Waals surface area contributed by atoms with E-state index >= 15 is 0 Å². The van der Waals surface area contributed by atoms with Gasteiger partial charge in [-0.1, -0.05) is 91.0 Å². The Hall–Kier alpha value is -2.38. The molecule has 1 fully saturated rings. The van der Waals surface area contributed by atoms with E-state index in [1.54, 1.807) is 0 Å². The SMILES string of the molecule is c1ccc(C[C@H]2CC(c3ccccc3)(c3ccccc3)CN2)cc1. The highest BCUT2D eigenvalue weighted by atomic mass is 15.0. The van der Waals surface area contributed by atoms with Crippen molar-refractivity contribution in [1.29, 1.82) is 0 Å². The maximum atomic E-state index is 3.79. The molecule has 1 aliphatic heterocycles. The number of nitrogens with one attached hydrogen (secondary N) is 1. The lowest BCUT2D eigenvalue weighted by molar-refractivity contribution is 0.540. The summed E-state index contributed by atoms with van der Waals surface area (Å²) in [6, 6.07) is 33.3. The van der Waals surface area contributed by atoms with Crippen molar-refractivity contribution in [3.63, 3.8) is 0 Å². The molecule has 1 aliphatic rings. The molecule has 0 aliphatic carbocycles. The maximum absolute atomic E-state index is 3.79. The highest BCUT2D eigenvalue weighted by Gasteiger charge is 2.41. The summed E-state index contributed by atoms with van der Waals surface area (Å²) in [6.07, 6.45) is 2.22. The third-order valence-electron chi connectivity index (χ3n) is 5.27. The summed E-state index contributed by atoms with van der Waals surface area (Å²) >= 11 is 0. The molecule has 1 atom stereocenters. The molecule has 4 rings (SSSR count). The lowest BCUT2D eigenvalue weighted by Crippen LogP contribution is -2.30. The van der Waals surface area contributed by atoms with E-state index < -0.39 is 0 Å². The molecule has 0 unspecified atom stereocenters. The fourth-order valence-corrected chi connectivity index (χ4v) is 4.05. The Bertz CT molecular complexity index is 725. The first-order chi connectivity index (χ1) is 11.9. The molecule has 0 saturated carbocycles. The summed E-state index contributed by atoms with van der Waals surface area (Å²) in [7, 11) is 0. The highest BCUT2D eigenvalue weighted by Crippen LogP contribution is 2.40. The van der Waals surface area contributed by atoms with Gasteiger partial charge < -0.3 is 5.32 Å². The van der Waals surface area contributed by atoms with Crippen LogP contribution in [0.15, 0.2) is 91.0 Å². The van der Waals surface area contributed by atoms with Crippen LogP contribution in [0, 0.1) is 0 Å². The summed E-state index contributed by atoms with van der Waals surface area (Å²) < 4.78 is 0. The Morgan fingerprint density at radius 2 is 1.21 bits per heavy atom. The highest BCUT2D eigenvalue weighted by molar-refractivity contribution is 5.42. The van der Waals surface area contributed by atoms with Crippen molar-refractivity contribution in [3.8, 4) is 0 Å². The minimum absolute atomic E-state index is 0.0714. The van der Waals surface area contributed by atoms with Gasteiger partial charge in [0.15, 0.2) is 0 Å². The molecule has 0 aromatic heterocycles. The van der Waals surface area contributed by atoms with Gasteiger partial charge >= 0.3 is 0 Å². The zero-order chi connectivity index (χ0) is 16.2. The maximum Gasteiger partial charge on any atom is 0.0342 e. The summed E-state index contributed by atoms with van der Waals surface area (Å²) in [4.78, 5) is 0. The molecule has 3 aromatic carbocycles. The summed E-state index contributed by atoms with van der Waals surface area (Å²) in [5, 5.41) is 3.79. The molecule has 3 aromatic rings. The predicted molar refractivity (Wildman–Crippen MR) is 100 cm³/mol. The van der Waals surface area contributed by atoms with E-state index in [9.17, 15) is 0 Å². The minimum atomic E-state index is 0.0714. The third-order valence-corrected chi connectivity index (χ3v) is 5.27. The Balaban J connectivity index is 1.66. The zero-order valence-electron chi connectivity index (χ0n) is 13.9. The van der Waals surface area contributed by atoms with Crippen LogP contribution >= 0.6 is 0 Å². The van der Waals surface area contributed by atoms with Gasteiger partial charge in [-0.3, -0.25) is 0 Å². The lowest BCUT2D eigenvalue weighted by Gasteiger charge is -2.30.